The van der Waals surface area contributed by atoms with E-state index in [1.165, 1.54) is 16.6 Å². The van der Waals surface area contributed by atoms with E-state index in [1.807, 2.05) is 0 Å². The van der Waals surface area contributed by atoms with Crippen LogP contribution in [0.1, 0.15) is 25.7 Å². The number of halogens is 2. The highest BCUT2D eigenvalue weighted by molar-refractivity contribution is 9.10. The molecule has 0 N–H and O–H groups in total. The molecular formula is C14H18BrClN2O3S. The molecule has 0 bridgehead atoms. The minimum Gasteiger partial charge on any atom is -0.381 e. The first-order chi connectivity index (χ1) is 10.4. The molecule has 1 aromatic rings. The fourth-order valence-corrected chi connectivity index (χ4v) is 5.77. The third-order valence-electron chi connectivity index (χ3n) is 4.83. The van der Waals surface area contributed by atoms with Gasteiger partial charge in [0.2, 0.25) is 10.0 Å². The number of hydrogen-bond acceptors (Lipinski definition) is 4. The minimum atomic E-state index is -3.59. The van der Waals surface area contributed by atoms with Crippen LogP contribution in [0.4, 0.5) is 0 Å². The molecule has 3 rings (SSSR count). The second kappa shape index (κ2) is 6.02. The zero-order valence-corrected chi connectivity index (χ0v) is 15.4. The highest BCUT2D eigenvalue weighted by atomic mass is 79.9. The van der Waals surface area contributed by atoms with E-state index >= 15 is 0 Å². The van der Waals surface area contributed by atoms with Crippen molar-refractivity contribution in [3.05, 3.63) is 21.9 Å². The van der Waals surface area contributed by atoms with E-state index in [2.05, 4.69) is 20.9 Å². The number of nitrogens with zero attached hydrogens (tertiary/aromatic N) is 2. The topological polar surface area (TPSA) is 59.5 Å². The summed E-state index contributed by atoms with van der Waals surface area (Å²) in [6.07, 6.45) is 5.67. The van der Waals surface area contributed by atoms with Crippen molar-refractivity contribution < 1.29 is 13.2 Å². The summed E-state index contributed by atoms with van der Waals surface area (Å²) in [5.74, 6) is 0. The Kier molecular flexibility index (Phi) is 4.55. The number of sulfonamides is 1. The van der Waals surface area contributed by atoms with Gasteiger partial charge in [-0.05, 0) is 53.1 Å². The molecule has 0 atom stereocenters. The van der Waals surface area contributed by atoms with E-state index in [-0.39, 0.29) is 15.5 Å². The van der Waals surface area contributed by atoms with Crippen LogP contribution >= 0.6 is 27.5 Å². The van der Waals surface area contributed by atoms with Crippen LogP contribution in [-0.2, 0) is 14.8 Å². The zero-order chi connectivity index (χ0) is 16.0. The van der Waals surface area contributed by atoms with Gasteiger partial charge in [0, 0.05) is 30.9 Å². The summed E-state index contributed by atoms with van der Waals surface area (Å²) in [6.45, 7) is 1.06. The van der Waals surface area contributed by atoms with Crippen LogP contribution in [0.25, 0.3) is 0 Å². The highest BCUT2D eigenvalue weighted by Crippen LogP contribution is 2.50. The van der Waals surface area contributed by atoms with Crippen LogP contribution in [0.2, 0.25) is 5.15 Å². The average Bonchev–Trinajstić information content (AvgIpc) is 2.47. The molecule has 0 radical (unpaired) electrons. The van der Waals surface area contributed by atoms with Crippen molar-refractivity contribution in [2.45, 2.75) is 36.7 Å². The molecule has 8 heteroatoms. The Morgan fingerprint density at radius 1 is 1.41 bits per heavy atom. The van der Waals surface area contributed by atoms with Crippen molar-refractivity contribution in [3.63, 3.8) is 0 Å². The summed E-state index contributed by atoms with van der Waals surface area (Å²) in [7, 11) is -1.86. The number of aromatic nitrogens is 1. The first-order valence-corrected chi connectivity index (χ1v) is 9.81. The molecule has 0 amide bonds. The van der Waals surface area contributed by atoms with Gasteiger partial charge in [-0.25, -0.2) is 13.4 Å². The SMILES string of the molecule is COC1CC2(CCN(S(=O)(=O)c3cc(Br)cnc3Cl)CC2)C1. The van der Waals surface area contributed by atoms with Gasteiger partial charge < -0.3 is 4.74 Å². The molecule has 0 aromatic carbocycles. The Labute approximate surface area is 144 Å². The van der Waals surface area contributed by atoms with Crippen molar-refractivity contribution in [1.82, 2.24) is 9.29 Å². The molecule has 22 heavy (non-hydrogen) atoms. The summed E-state index contributed by atoms with van der Waals surface area (Å²) < 4.78 is 33.0. The molecule has 5 nitrogen and oxygen atoms in total. The third-order valence-corrected chi connectivity index (χ3v) is 7.59. The number of ether oxygens (including phenoxy) is 1. The lowest BCUT2D eigenvalue weighted by atomic mass is 9.62. The molecule has 1 saturated heterocycles. The Morgan fingerprint density at radius 2 is 2.05 bits per heavy atom. The lowest BCUT2D eigenvalue weighted by molar-refractivity contribution is -0.0804. The fourth-order valence-electron chi connectivity index (χ4n) is 3.41. The molecule has 1 aromatic heterocycles. The normalized spacial score (nSPS) is 22.7. The summed E-state index contributed by atoms with van der Waals surface area (Å²) in [6, 6.07) is 1.51. The molecule has 0 unspecified atom stereocenters. The lowest BCUT2D eigenvalue weighted by Gasteiger charge is -2.51. The Hall–Kier alpha value is -0.210. The number of rotatable bonds is 3. The lowest BCUT2D eigenvalue weighted by Crippen LogP contribution is -2.50. The third kappa shape index (κ3) is 2.94. The molecule has 1 saturated carbocycles. The fraction of sp³-hybridized carbons (Fsp3) is 0.643. The quantitative estimate of drug-likeness (QED) is 0.720. The molecule has 1 spiro atoms. The first-order valence-electron chi connectivity index (χ1n) is 7.20. The van der Waals surface area contributed by atoms with Crippen molar-refractivity contribution in [1.29, 1.82) is 0 Å². The van der Waals surface area contributed by atoms with Crippen LogP contribution in [0.15, 0.2) is 21.6 Å². The summed E-state index contributed by atoms with van der Waals surface area (Å²) >= 11 is 9.23. The Morgan fingerprint density at radius 3 is 2.64 bits per heavy atom. The number of hydrogen-bond donors (Lipinski definition) is 0. The van der Waals surface area contributed by atoms with Crippen LogP contribution in [0, 0.1) is 5.41 Å². The molecule has 122 valence electrons. The molecule has 2 fully saturated rings. The maximum absolute atomic E-state index is 12.8. The summed E-state index contributed by atoms with van der Waals surface area (Å²) in [5, 5.41) is 0.0200. The predicted octanol–water partition coefficient (Wildman–Crippen LogP) is 3.08. The van der Waals surface area contributed by atoms with E-state index in [4.69, 9.17) is 16.3 Å². The molecule has 2 aliphatic rings. The van der Waals surface area contributed by atoms with Gasteiger partial charge in [-0.1, -0.05) is 11.6 Å². The Bertz CT molecular complexity index is 667. The van der Waals surface area contributed by atoms with Gasteiger partial charge in [0.15, 0.2) is 0 Å². The standard InChI is InChI=1S/C14H18BrClN2O3S/c1-21-11-7-14(8-11)2-4-18(5-3-14)22(19,20)12-6-10(15)9-17-13(12)16/h6,9,11H,2-5,7-8H2,1H3. The van der Waals surface area contributed by atoms with Gasteiger partial charge in [-0.3, -0.25) is 0 Å². The number of pyridine rings is 1. The van der Waals surface area contributed by atoms with Gasteiger partial charge in [0.05, 0.1) is 6.10 Å². The van der Waals surface area contributed by atoms with Crippen LogP contribution in [-0.4, -0.2) is 44.0 Å². The average molecular weight is 410 g/mol. The molecule has 1 aliphatic carbocycles. The van der Waals surface area contributed by atoms with Gasteiger partial charge in [-0.15, -0.1) is 0 Å². The van der Waals surface area contributed by atoms with E-state index in [0.29, 0.717) is 23.7 Å². The van der Waals surface area contributed by atoms with Crippen molar-refractivity contribution in [2.24, 2.45) is 5.41 Å². The maximum Gasteiger partial charge on any atom is 0.246 e. The summed E-state index contributed by atoms with van der Waals surface area (Å²) in [4.78, 5) is 3.99. The van der Waals surface area contributed by atoms with Crippen LogP contribution in [0.5, 0.6) is 0 Å². The minimum absolute atomic E-state index is 0.0200. The van der Waals surface area contributed by atoms with Gasteiger partial charge in [-0.2, -0.15) is 4.31 Å². The number of methoxy groups -OCH3 is 1. The molecule has 2 heterocycles. The van der Waals surface area contributed by atoms with Crippen molar-refractivity contribution in [3.8, 4) is 0 Å². The monoisotopic (exact) mass is 408 g/mol. The molecular weight excluding hydrogens is 392 g/mol. The van der Waals surface area contributed by atoms with E-state index in [9.17, 15) is 8.42 Å². The number of piperidine rings is 1. The van der Waals surface area contributed by atoms with E-state index in [0.717, 1.165) is 25.7 Å². The largest absolute Gasteiger partial charge is 0.381 e. The van der Waals surface area contributed by atoms with Crippen molar-refractivity contribution in [2.75, 3.05) is 20.2 Å². The smallest absolute Gasteiger partial charge is 0.246 e. The van der Waals surface area contributed by atoms with E-state index in [1.54, 1.807) is 7.11 Å². The van der Waals surface area contributed by atoms with Gasteiger partial charge >= 0.3 is 0 Å². The van der Waals surface area contributed by atoms with Gasteiger partial charge in [0.1, 0.15) is 10.0 Å². The van der Waals surface area contributed by atoms with Crippen LogP contribution < -0.4 is 0 Å². The van der Waals surface area contributed by atoms with Gasteiger partial charge in [0.25, 0.3) is 0 Å². The first kappa shape index (κ1) is 16.6. The maximum atomic E-state index is 12.8. The predicted molar refractivity (Wildman–Crippen MR) is 87.4 cm³/mol. The Balaban J connectivity index is 1.74. The van der Waals surface area contributed by atoms with E-state index < -0.39 is 10.0 Å². The molecule has 1 aliphatic heterocycles. The van der Waals surface area contributed by atoms with Crippen molar-refractivity contribution >= 4 is 37.6 Å². The second-order valence-electron chi connectivity index (χ2n) is 6.11. The summed E-state index contributed by atoms with van der Waals surface area (Å²) in [5.41, 5.74) is 0.270. The zero-order valence-electron chi connectivity index (χ0n) is 12.3. The second-order valence-corrected chi connectivity index (χ2v) is 9.29. The van der Waals surface area contributed by atoms with Crippen LogP contribution in [0.3, 0.4) is 0 Å². The highest BCUT2D eigenvalue weighted by Gasteiger charge is 2.47.